The van der Waals surface area contributed by atoms with Gasteiger partial charge in [-0.25, -0.2) is 5.09 Å². The Bertz CT molecular complexity index is 469. The highest BCUT2D eigenvalue weighted by Gasteiger charge is 2.24. The Morgan fingerprint density at radius 3 is 2.42 bits per heavy atom. The zero-order chi connectivity index (χ0) is 14.5. The molecule has 0 saturated carbocycles. The molecule has 19 heavy (non-hydrogen) atoms. The molecule has 0 aliphatic rings. The van der Waals surface area contributed by atoms with Gasteiger partial charge >= 0.3 is 5.97 Å². The van der Waals surface area contributed by atoms with Gasteiger partial charge in [-0.15, -0.1) is 0 Å². The van der Waals surface area contributed by atoms with Crippen LogP contribution in [0.1, 0.15) is 20.8 Å². The number of nitrogens with one attached hydrogen (secondary N) is 1. The minimum atomic E-state index is -2.81. The van der Waals surface area contributed by atoms with Crippen LogP contribution >= 0.6 is 17.0 Å². The van der Waals surface area contributed by atoms with Crippen LogP contribution in [-0.4, -0.2) is 18.1 Å². The van der Waals surface area contributed by atoms with E-state index in [1.165, 1.54) is 0 Å². The molecule has 0 bridgehead atoms. The van der Waals surface area contributed by atoms with E-state index in [9.17, 15) is 4.79 Å². The minimum absolute atomic E-state index is 0.181. The molecule has 0 heterocycles. The third-order valence-corrected chi connectivity index (χ3v) is 4.20. The fraction of sp³-hybridized carbons (Fsp3) is 0.417. The highest BCUT2D eigenvalue weighted by Crippen LogP contribution is 2.48. The first-order valence-corrected chi connectivity index (χ1v) is 9.45. The number of para-hydroxylation sites is 1. The first-order valence-electron chi connectivity index (χ1n) is 5.83. The van der Waals surface area contributed by atoms with E-state index in [1.807, 2.05) is 18.2 Å². The van der Waals surface area contributed by atoms with Gasteiger partial charge < -0.3 is 9.26 Å². The van der Waals surface area contributed by atoms with Crippen molar-refractivity contribution in [1.29, 1.82) is 0 Å². The molecule has 1 unspecified atom stereocenters. The molecular weight excluding hydrogens is 305 g/mol. The molecule has 1 aromatic rings. The average Bonchev–Trinajstić information content (AvgIpc) is 2.27. The number of carbonyl (C=O) groups is 1. The van der Waals surface area contributed by atoms with Gasteiger partial charge in [0.1, 0.15) is 11.8 Å². The Morgan fingerprint density at radius 1 is 1.32 bits per heavy atom. The lowest BCUT2D eigenvalue weighted by atomic mass is 10.3. The molecule has 2 atom stereocenters. The normalized spacial score (nSPS) is 15.6. The number of ether oxygens (including phenoxy) is 1. The van der Waals surface area contributed by atoms with Gasteiger partial charge in [0, 0.05) is 0 Å². The van der Waals surface area contributed by atoms with Crippen LogP contribution < -0.4 is 9.61 Å². The Kier molecular flexibility index (Phi) is 6.27. The number of rotatable bonds is 6. The monoisotopic (exact) mass is 321 g/mol. The standard InChI is InChI=1S/C12H17ClNO3PS/c1-9(2)16-12(15)10(3)14-18(13,19)17-11-7-5-4-6-8-11/h4-10H,1-3H3,(H,14,19)/t10-,18?/m0/s1. The van der Waals surface area contributed by atoms with Crippen LogP contribution in [-0.2, 0) is 21.3 Å². The topological polar surface area (TPSA) is 47.6 Å². The average molecular weight is 322 g/mol. The van der Waals surface area contributed by atoms with Crippen LogP contribution in [0.15, 0.2) is 30.3 Å². The first kappa shape index (κ1) is 16.4. The van der Waals surface area contributed by atoms with Crippen molar-refractivity contribution in [3.63, 3.8) is 0 Å². The van der Waals surface area contributed by atoms with E-state index in [4.69, 9.17) is 32.3 Å². The lowest BCUT2D eigenvalue weighted by Gasteiger charge is -2.21. The van der Waals surface area contributed by atoms with Crippen molar-refractivity contribution >= 4 is 34.8 Å². The molecule has 0 aliphatic heterocycles. The summed E-state index contributed by atoms with van der Waals surface area (Å²) in [6.07, 6.45) is -0.181. The summed E-state index contributed by atoms with van der Waals surface area (Å²) in [4.78, 5) is 11.7. The molecule has 0 aromatic heterocycles. The molecule has 0 fully saturated rings. The molecule has 7 heteroatoms. The van der Waals surface area contributed by atoms with Crippen LogP contribution in [0.3, 0.4) is 0 Å². The Labute approximate surface area is 123 Å². The van der Waals surface area contributed by atoms with Crippen molar-refractivity contribution in [2.75, 3.05) is 0 Å². The van der Waals surface area contributed by atoms with Gasteiger partial charge in [0.05, 0.1) is 6.10 Å². The third kappa shape index (κ3) is 6.39. The van der Waals surface area contributed by atoms with Gasteiger partial charge in [0.25, 0.3) is 5.77 Å². The van der Waals surface area contributed by atoms with Crippen molar-refractivity contribution in [1.82, 2.24) is 5.09 Å². The fourth-order valence-corrected chi connectivity index (χ4v) is 3.69. The number of hydrogen-bond acceptors (Lipinski definition) is 4. The quantitative estimate of drug-likeness (QED) is 0.642. The maximum absolute atomic E-state index is 11.7. The molecule has 1 N–H and O–H groups in total. The highest BCUT2D eigenvalue weighted by atomic mass is 35.7. The summed E-state index contributed by atoms with van der Waals surface area (Å²) in [6, 6.07) is 8.38. The van der Waals surface area contributed by atoms with Gasteiger partial charge in [-0.05, 0) is 56.0 Å². The fourth-order valence-electron chi connectivity index (χ4n) is 1.26. The second kappa shape index (κ2) is 7.25. The highest BCUT2D eigenvalue weighted by molar-refractivity contribution is 8.23. The molecule has 0 spiro atoms. The molecule has 106 valence electrons. The number of carbonyl (C=O) groups excluding carboxylic acids is 1. The molecular formula is C12H17ClNO3PS. The lowest BCUT2D eigenvalue weighted by Crippen LogP contribution is -2.34. The van der Waals surface area contributed by atoms with Crippen molar-refractivity contribution in [3.8, 4) is 5.75 Å². The Hall–Kier alpha value is -0.610. The second-order valence-electron chi connectivity index (χ2n) is 4.22. The van der Waals surface area contributed by atoms with Crippen LogP contribution in [0.4, 0.5) is 0 Å². The predicted octanol–water partition coefficient (Wildman–Crippen LogP) is 3.46. The van der Waals surface area contributed by atoms with E-state index in [-0.39, 0.29) is 6.10 Å². The summed E-state index contributed by atoms with van der Waals surface area (Å²) in [5.74, 6) is -2.65. The Morgan fingerprint density at radius 2 is 1.89 bits per heavy atom. The summed E-state index contributed by atoms with van der Waals surface area (Å²) < 4.78 is 10.6. The SMILES string of the molecule is CC(C)OC(=O)[C@H](C)NP(=S)(Cl)Oc1ccccc1. The van der Waals surface area contributed by atoms with Gasteiger partial charge in [-0.2, -0.15) is 0 Å². The summed E-state index contributed by atoms with van der Waals surface area (Å²) in [6.45, 7) is 5.20. The van der Waals surface area contributed by atoms with E-state index >= 15 is 0 Å². The van der Waals surface area contributed by atoms with Crippen LogP contribution in [0.2, 0.25) is 0 Å². The number of halogens is 1. The minimum Gasteiger partial charge on any atom is -0.462 e. The van der Waals surface area contributed by atoms with Gasteiger partial charge in [-0.3, -0.25) is 4.79 Å². The molecule has 0 radical (unpaired) electrons. The largest absolute Gasteiger partial charge is 0.462 e. The second-order valence-corrected chi connectivity index (χ2v) is 9.19. The molecule has 1 rings (SSSR count). The van der Waals surface area contributed by atoms with Crippen LogP contribution in [0, 0.1) is 0 Å². The summed E-state index contributed by atoms with van der Waals surface area (Å²) >= 11 is 11.3. The molecule has 1 aromatic carbocycles. The summed E-state index contributed by atoms with van der Waals surface area (Å²) in [7, 11) is 0. The van der Waals surface area contributed by atoms with Crippen LogP contribution in [0.25, 0.3) is 0 Å². The first-order chi connectivity index (χ1) is 8.80. The van der Waals surface area contributed by atoms with Crippen molar-refractivity contribution in [3.05, 3.63) is 30.3 Å². The van der Waals surface area contributed by atoms with E-state index < -0.39 is 17.8 Å². The van der Waals surface area contributed by atoms with Gasteiger partial charge in [0.2, 0.25) is 0 Å². The van der Waals surface area contributed by atoms with E-state index in [0.29, 0.717) is 5.75 Å². The third-order valence-electron chi connectivity index (χ3n) is 2.02. The smallest absolute Gasteiger partial charge is 0.323 e. The maximum Gasteiger partial charge on any atom is 0.323 e. The van der Waals surface area contributed by atoms with Crippen molar-refractivity contribution < 1.29 is 14.1 Å². The maximum atomic E-state index is 11.7. The Balaban J connectivity index is 2.59. The molecule has 0 saturated heterocycles. The van der Waals surface area contributed by atoms with Crippen molar-refractivity contribution in [2.24, 2.45) is 0 Å². The summed E-state index contributed by atoms with van der Waals surface area (Å²) in [5.41, 5.74) is 0. The lowest BCUT2D eigenvalue weighted by molar-refractivity contribution is -0.148. The molecule has 0 aliphatic carbocycles. The van der Waals surface area contributed by atoms with Gasteiger partial charge in [0.15, 0.2) is 0 Å². The van der Waals surface area contributed by atoms with E-state index in [2.05, 4.69) is 5.09 Å². The van der Waals surface area contributed by atoms with Crippen LogP contribution in [0.5, 0.6) is 5.75 Å². The number of hydrogen-bond donors (Lipinski definition) is 1. The number of benzene rings is 1. The predicted molar refractivity (Wildman–Crippen MR) is 81.0 cm³/mol. The van der Waals surface area contributed by atoms with E-state index in [0.717, 1.165) is 0 Å². The summed E-state index contributed by atoms with van der Waals surface area (Å²) in [5, 5.41) is 2.80. The van der Waals surface area contributed by atoms with Gasteiger partial charge in [-0.1, -0.05) is 18.2 Å². The molecule has 4 nitrogen and oxygen atoms in total. The zero-order valence-electron chi connectivity index (χ0n) is 11.0. The van der Waals surface area contributed by atoms with E-state index in [1.54, 1.807) is 32.9 Å². The van der Waals surface area contributed by atoms with Crippen molar-refractivity contribution in [2.45, 2.75) is 32.9 Å². The number of esters is 1. The molecule has 0 amide bonds. The zero-order valence-corrected chi connectivity index (χ0v) is 13.5.